The first-order chi connectivity index (χ1) is 15.3. The van der Waals surface area contributed by atoms with Crippen molar-refractivity contribution >= 4 is 51.2 Å². The number of carbonyl (C=O) groups is 1. The van der Waals surface area contributed by atoms with E-state index in [1.807, 2.05) is 35.8 Å². The average Bonchev–Trinajstić information content (AvgIpc) is 3.07. The number of para-hydroxylation sites is 1. The van der Waals surface area contributed by atoms with Gasteiger partial charge in [-0.3, -0.25) is 14.3 Å². The number of nitrogens with zero attached hydrogens (tertiary/aromatic N) is 5. The number of nitrogen functional groups attached to an aromatic ring is 2. The minimum atomic E-state index is -0.612. The Balaban J connectivity index is 1.88. The Morgan fingerprint density at radius 2 is 1.84 bits per heavy atom. The molecule has 0 radical (unpaired) electrons. The van der Waals surface area contributed by atoms with E-state index in [-0.39, 0.29) is 17.3 Å². The Morgan fingerprint density at radius 1 is 1.03 bits per heavy atom. The van der Waals surface area contributed by atoms with Gasteiger partial charge in [0.25, 0.3) is 5.91 Å². The van der Waals surface area contributed by atoms with Crippen LogP contribution in [0.4, 0.5) is 11.8 Å². The summed E-state index contributed by atoms with van der Waals surface area (Å²) < 4.78 is 1.93. The molecule has 0 aliphatic rings. The van der Waals surface area contributed by atoms with E-state index in [9.17, 15) is 4.79 Å². The molecule has 158 valence electrons. The highest BCUT2D eigenvalue weighted by molar-refractivity contribution is 6.35. The fourth-order valence-electron chi connectivity index (χ4n) is 3.89. The van der Waals surface area contributed by atoms with Crippen LogP contribution in [0.2, 0.25) is 5.02 Å². The Morgan fingerprint density at radius 3 is 2.59 bits per heavy atom. The van der Waals surface area contributed by atoms with E-state index in [0.717, 1.165) is 11.1 Å². The van der Waals surface area contributed by atoms with Gasteiger partial charge in [-0.05, 0) is 31.2 Å². The number of pyridine rings is 1. The van der Waals surface area contributed by atoms with Crippen molar-refractivity contribution in [3.63, 3.8) is 0 Å². The van der Waals surface area contributed by atoms with Gasteiger partial charge in [0.15, 0.2) is 0 Å². The molecule has 2 aromatic carbocycles. The number of fused-ring (bicyclic) bond motifs is 2. The van der Waals surface area contributed by atoms with Crippen LogP contribution in [0.1, 0.15) is 16.2 Å². The molecule has 1 amide bonds. The van der Waals surface area contributed by atoms with E-state index in [4.69, 9.17) is 28.8 Å². The molecule has 3 heterocycles. The van der Waals surface area contributed by atoms with Crippen molar-refractivity contribution < 1.29 is 4.79 Å². The van der Waals surface area contributed by atoms with Gasteiger partial charge in [0.2, 0.25) is 5.95 Å². The molecule has 6 N–H and O–H groups in total. The lowest BCUT2D eigenvalue weighted by atomic mass is 10.0. The van der Waals surface area contributed by atoms with E-state index in [2.05, 4.69) is 19.9 Å². The van der Waals surface area contributed by atoms with Crippen molar-refractivity contribution in [1.29, 1.82) is 0 Å². The monoisotopic (exact) mass is 444 g/mol. The number of aryl methyl sites for hydroxylation is 1. The third-order valence-electron chi connectivity index (χ3n) is 5.19. The first-order valence-electron chi connectivity index (χ1n) is 9.60. The van der Waals surface area contributed by atoms with Crippen LogP contribution in [0.3, 0.4) is 0 Å². The normalized spacial score (nSPS) is 11.3. The second-order valence-corrected chi connectivity index (χ2v) is 7.66. The minimum Gasteiger partial charge on any atom is -0.384 e. The summed E-state index contributed by atoms with van der Waals surface area (Å²) in [6, 6.07) is 12.5. The number of benzene rings is 2. The quantitative estimate of drug-likeness (QED) is 0.386. The van der Waals surface area contributed by atoms with E-state index in [1.165, 1.54) is 0 Å². The topological polar surface area (TPSA) is 152 Å². The summed E-state index contributed by atoms with van der Waals surface area (Å²) in [4.78, 5) is 29.5. The maximum atomic E-state index is 12.3. The molecule has 5 rings (SSSR count). The number of aromatic nitrogens is 5. The van der Waals surface area contributed by atoms with Crippen LogP contribution in [-0.2, 0) is 0 Å². The van der Waals surface area contributed by atoms with Crippen LogP contribution in [0, 0.1) is 6.92 Å². The van der Waals surface area contributed by atoms with Gasteiger partial charge >= 0.3 is 0 Å². The zero-order valence-corrected chi connectivity index (χ0v) is 17.6. The molecule has 0 aliphatic carbocycles. The Kier molecular flexibility index (Phi) is 4.42. The molecule has 0 fully saturated rings. The molecule has 9 nitrogen and oxygen atoms in total. The number of hydrogen-bond donors (Lipinski definition) is 3. The number of hydrogen-bond acceptors (Lipinski definition) is 7. The third-order valence-corrected chi connectivity index (χ3v) is 5.50. The predicted octanol–water partition coefficient (Wildman–Crippen LogP) is 3.26. The summed E-state index contributed by atoms with van der Waals surface area (Å²) in [6.07, 6.45) is 1.68. The first-order valence-corrected chi connectivity index (χ1v) is 9.98. The molecule has 0 saturated heterocycles. The van der Waals surface area contributed by atoms with Crippen LogP contribution in [0.25, 0.3) is 38.9 Å². The van der Waals surface area contributed by atoms with Crippen molar-refractivity contribution in [2.24, 2.45) is 5.73 Å². The van der Waals surface area contributed by atoms with Gasteiger partial charge in [-0.1, -0.05) is 23.7 Å². The molecule has 0 atom stereocenters. The standard InChI is InChI=1S/C22H17ClN8O/c1-10-28-20-13(21(25)32)7-11(15-9-18(24)30-22(26)29-15)8-17(20)31(10)16-5-6-27-19-12(16)3-2-4-14(19)23/h2-9H,1H3,(H2,25,32)(H4,24,26,29,30). The zero-order valence-electron chi connectivity index (χ0n) is 16.9. The van der Waals surface area contributed by atoms with E-state index < -0.39 is 5.91 Å². The van der Waals surface area contributed by atoms with Crippen LogP contribution in [-0.4, -0.2) is 30.4 Å². The van der Waals surface area contributed by atoms with E-state index >= 15 is 0 Å². The van der Waals surface area contributed by atoms with Gasteiger partial charge in [-0.25, -0.2) is 9.97 Å². The maximum Gasteiger partial charge on any atom is 0.250 e. The highest BCUT2D eigenvalue weighted by Gasteiger charge is 2.20. The lowest BCUT2D eigenvalue weighted by Crippen LogP contribution is -2.12. The number of rotatable bonds is 3. The smallest absolute Gasteiger partial charge is 0.250 e. The number of amides is 1. The van der Waals surface area contributed by atoms with Crippen molar-refractivity contribution in [1.82, 2.24) is 24.5 Å². The number of primary amides is 1. The number of halogens is 1. The summed E-state index contributed by atoms with van der Waals surface area (Å²) in [6.45, 7) is 1.85. The summed E-state index contributed by atoms with van der Waals surface area (Å²) in [5, 5.41) is 1.38. The number of nitrogens with two attached hydrogens (primary N) is 3. The van der Waals surface area contributed by atoms with Gasteiger partial charge in [-0.15, -0.1) is 0 Å². The van der Waals surface area contributed by atoms with Gasteiger partial charge in [0.1, 0.15) is 17.2 Å². The molecule has 0 saturated carbocycles. The fraction of sp³-hybridized carbons (Fsp3) is 0.0455. The Bertz CT molecular complexity index is 1540. The molecule has 32 heavy (non-hydrogen) atoms. The van der Waals surface area contributed by atoms with Crippen molar-refractivity contribution in [3.8, 4) is 16.9 Å². The predicted molar refractivity (Wildman–Crippen MR) is 124 cm³/mol. The van der Waals surface area contributed by atoms with Crippen LogP contribution < -0.4 is 17.2 Å². The number of carbonyl (C=O) groups excluding carboxylic acids is 1. The van der Waals surface area contributed by atoms with Crippen LogP contribution in [0.5, 0.6) is 0 Å². The highest BCUT2D eigenvalue weighted by Crippen LogP contribution is 2.33. The highest BCUT2D eigenvalue weighted by atomic mass is 35.5. The molecule has 0 aliphatic heterocycles. The lowest BCUT2D eigenvalue weighted by molar-refractivity contribution is 0.100. The molecule has 0 spiro atoms. The summed E-state index contributed by atoms with van der Waals surface area (Å²) >= 11 is 6.36. The first kappa shape index (κ1) is 19.7. The van der Waals surface area contributed by atoms with Crippen molar-refractivity contribution in [2.75, 3.05) is 11.5 Å². The second-order valence-electron chi connectivity index (χ2n) is 7.25. The summed E-state index contributed by atoms with van der Waals surface area (Å²) in [7, 11) is 0. The van der Waals surface area contributed by atoms with Gasteiger partial charge in [0, 0.05) is 23.2 Å². The van der Waals surface area contributed by atoms with Gasteiger partial charge in [0.05, 0.1) is 33.0 Å². The molecular formula is C22H17ClN8O. The second kappa shape index (κ2) is 7.17. The van der Waals surface area contributed by atoms with Crippen LogP contribution in [0.15, 0.2) is 48.7 Å². The molecule has 0 bridgehead atoms. The molecule has 10 heteroatoms. The van der Waals surface area contributed by atoms with E-state index in [0.29, 0.717) is 38.7 Å². The molecule has 0 unspecified atom stereocenters. The molecule has 3 aromatic heterocycles. The summed E-state index contributed by atoms with van der Waals surface area (Å²) in [5.41, 5.74) is 21.3. The average molecular weight is 445 g/mol. The van der Waals surface area contributed by atoms with Gasteiger partial charge in [-0.2, -0.15) is 4.98 Å². The Labute approximate surface area is 186 Å². The zero-order chi connectivity index (χ0) is 22.6. The largest absolute Gasteiger partial charge is 0.384 e. The molecule has 5 aromatic rings. The SMILES string of the molecule is Cc1nc2c(C(N)=O)cc(-c3cc(N)nc(N)n3)cc2n1-c1ccnc2c(Cl)cccc12. The number of imidazole rings is 1. The van der Waals surface area contributed by atoms with Crippen LogP contribution >= 0.6 is 11.6 Å². The lowest BCUT2D eigenvalue weighted by Gasteiger charge is -2.12. The maximum absolute atomic E-state index is 12.3. The van der Waals surface area contributed by atoms with Crippen molar-refractivity contribution in [3.05, 3.63) is 65.1 Å². The fourth-order valence-corrected chi connectivity index (χ4v) is 4.11. The minimum absolute atomic E-state index is 0.0279. The summed E-state index contributed by atoms with van der Waals surface area (Å²) in [5.74, 6) is 0.292. The number of anilines is 2. The van der Waals surface area contributed by atoms with E-state index in [1.54, 1.807) is 24.4 Å². The third kappa shape index (κ3) is 3.07. The Hall–Kier alpha value is -4.24. The van der Waals surface area contributed by atoms with Crippen molar-refractivity contribution in [2.45, 2.75) is 6.92 Å². The van der Waals surface area contributed by atoms with Gasteiger partial charge < -0.3 is 17.2 Å². The molecular weight excluding hydrogens is 428 g/mol.